The van der Waals surface area contributed by atoms with Crippen LogP contribution in [-0.4, -0.2) is 31.3 Å². The largest absolute Gasteiger partial charge is 0.496 e. The van der Waals surface area contributed by atoms with E-state index < -0.39 is 6.10 Å². The normalized spacial score (nSPS) is 17.4. The number of aliphatic hydroxyl groups is 1. The Hall–Kier alpha value is -1.75. The third-order valence-corrected chi connectivity index (χ3v) is 3.73. The van der Waals surface area contributed by atoms with Crippen LogP contribution in [0.15, 0.2) is 18.2 Å². The number of methoxy groups -OCH3 is 1. The van der Waals surface area contributed by atoms with Crippen LogP contribution in [0.1, 0.15) is 38.9 Å². The number of aliphatic hydroxyl groups excluding tert-OH is 1. The van der Waals surface area contributed by atoms with Gasteiger partial charge in [-0.3, -0.25) is 4.90 Å². The van der Waals surface area contributed by atoms with E-state index in [2.05, 4.69) is 5.32 Å². The van der Waals surface area contributed by atoms with Crippen molar-refractivity contribution in [2.45, 2.75) is 33.3 Å². The van der Waals surface area contributed by atoms with E-state index in [1.807, 2.05) is 39.0 Å². The molecule has 1 aliphatic heterocycles. The van der Waals surface area contributed by atoms with Crippen molar-refractivity contribution in [3.63, 3.8) is 0 Å². The Morgan fingerprint density at radius 3 is 2.67 bits per heavy atom. The highest BCUT2D eigenvalue weighted by Crippen LogP contribution is 2.42. The number of anilines is 1. The Bertz CT molecular complexity index is 523. The molecule has 0 bridgehead atoms. The highest BCUT2D eigenvalue weighted by molar-refractivity contribution is 5.94. The fraction of sp³-hybridized carbons (Fsp3) is 0.562. The van der Waals surface area contributed by atoms with Crippen molar-refractivity contribution >= 4 is 11.7 Å². The smallest absolute Gasteiger partial charge is 0.321 e. The first-order valence-corrected chi connectivity index (χ1v) is 7.26. The average Bonchev–Trinajstić information content (AvgIpc) is 2.45. The average molecular weight is 292 g/mol. The number of amides is 2. The number of hydrogen-bond acceptors (Lipinski definition) is 3. The summed E-state index contributed by atoms with van der Waals surface area (Å²) in [5.74, 6) is 0.605. The second kappa shape index (κ2) is 5.93. The van der Waals surface area contributed by atoms with E-state index in [9.17, 15) is 9.90 Å². The van der Waals surface area contributed by atoms with Crippen molar-refractivity contribution in [3.8, 4) is 5.75 Å². The van der Waals surface area contributed by atoms with Gasteiger partial charge in [-0.05, 0) is 24.0 Å². The van der Waals surface area contributed by atoms with Crippen LogP contribution in [0.4, 0.5) is 10.5 Å². The van der Waals surface area contributed by atoms with Crippen molar-refractivity contribution < 1.29 is 14.6 Å². The van der Waals surface area contributed by atoms with E-state index in [0.717, 1.165) is 6.42 Å². The van der Waals surface area contributed by atoms with Gasteiger partial charge in [-0.2, -0.15) is 0 Å². The molecule has 2 amide bonds. The van der Waals surface area contributed by atoms with Crippen LogP contribution in [-0.2, 0) is 0 Å². The number of rotatable bonds is 3. The molecule has 1 fully saturated rings. The maximum atomic E-state index is 12.1. The zero-order valence-corrected chi connectivity index (χ0v) is 13.1. The molecule has 1 aliphatic rings. The number of carbonyl (C=O) groups is 1. The molecule has 0 aliphatic carbocycles. The Balaban J connectivity index is 2.52. The number of carbonyl (C=O) groups excluding carboxylic acids is 1. The SMILES string of the molecule is COc1cccc(N2CCCNC2=O)c1C(O)C(C)(C)C. The highest BCUT2D eigenvalue weighted by atomic mass is 16.5. The predicted molar refractivity (Wildman–Crippen MR) is 82.8 cm³/mol. The summed E-state index contributed by atoms with van der Waals surface area (Å²) in [6.07, 6.45) is 0.159. The van der Waals surface area contributed by atoms with E-state index in [1.165, 1.54) is 0 Å². The summed E-state index contributed by atoms with van der Waals surface area (Å²) in [6, 6.07) is 5.39. The summed E-state index contributed by atoms with van der Waals surface area (Å²) >= 11 is 0. The van der Waals surface area contributed by atoms with Gasteiger partial charge in [0.25, 0.3) is 0 Å². The van der Waals surface area contributed by atoms with Crippen LogP contribution in [0.3, 0.4) is 0 Å². The molecule has 0 spiro atoms. The lowest BCUT2D eigenvalue weighted by atomic mass is 9.83. The van der Waals surface area contributed by atoms with E-state index in [1.54, 1.807) is 12.0 Å². The van der Waals surface area contributed by atoms with E-state index in [0.29, 0.717) is 30.1 Å². The van der Waals surface area contributed by atoms with Crippen molar-refractivity contribution in [2.24, 2.45) is 5.41 Å². The second-order valence-electron chi connectivity index (χ2n) is 6.40. The van der Waals surface area contributed by atoms with Crippen molar-refractivity contribution in [2.75, 3.05) is 25.1 Å². The minimum atomic E-state index is -0.724. The zero-order valence-electron chi connectivity index (χ0n) is 13.1. The fourth-order valence-electron chi connectivity index (χ4n) is 2.51. The number of benzene rings is 1. The quantitative estimate of drug-likeness (QED) is 0.900. The van der Waals surface area contributed by atoms with Gasteiger partial charge >= 0.3 is 6.03 Å². The molecule has 0 saturated carbocycles. The molecule has 2 rings (SSSR count). The summed E-state index contributed by atoms with van der Waals surface area (Å²) in [5, 5.41) is 13.6. The van der Waals surface area contributed by atoms with Crippen LogP contribution < -0.4 is 15.0 Å². The van der Waals surface area contributed by atoms with Crippen LogP contribution in [0.2, 0.25) is 0 Å². The number of ether oxygens (including phenoxy) is 1. The highest BCUT2D eigenvalue weighted by Gasteiger charge is 2.32. The summed E-state index contributed by atoms with van der Waals surface area (Å²) in [7, 11) is 1.58. The third-order valence-electron chi connectivity index (χ3n) is 3.73. The van der Waals surface area contributed by atoms with E-state index in [4.69, 9.17) is 4.74 Å². The van der Waals surface area contributed by atoms with Gasteiger partial charge in [0.2, 0.25) is 0 Å². The minimum Gasteiger partial charge on any atom is -0.496 e. The molecule has 0 aromatic heterocycles. The monoisotopic (exact) mass is 292 g/mol. The second-order valence-corrected chi connectivity index (χ2v) is 6.40. The summed E-state index contributed by atoms with van der Waals surface area (Å²) in [5.41, 5.74) is 1.04. The van der Waals surface area contributed by atoms with Gasteiger partial charge < -0.3 is 15.2 Å². The van der Waals surface area contributed by atoms with E-state index in [-0.39, 0.29) is 11.4 Å². The standard InChI is InChI=1S/C16H24N2O3/c1-16(2,3)14(19)13-11(7-5-8-12(13)21-4)18-10-6-9-17-15(18)20/h5,7-8,14,19H,6,9-10H2,1-4H3,(H,17,20). The molecule has 2 N–H and O–H groups in total. The molecule has 5 heteroatoms. The predicted octanol–water partition coefficient (Wildman–Crippen LogP) is 2.69. The third kappa shape index (κ3) is 3.13. The number of nitrogens with zero attached hydrogens (tertiary/aromatic N) is 1. The summed E-state index contributed by atoms with van der Waals surface area (Å²) in [4.78, 5) is 13.8. The molecule has 1 atom stereocenters. The van der Waals surface area contributed by atoms with Crippen molar-refractivity contribution in [1.82, 2.24) is 5.32 Å². The Kier molecular flexibility index (Phi) is 4.42. The van der Waals surface area contributed by atoms with Gasteiger partial charge in [-0.25, -0.2) is 4.79 Å². The van der Waals surface area contributed by atoms with Crippen LogP contribution in [0.5, 0.6) is 5.75 Å². The lowest BCUT2D eigenvalue weighted by Crippen LogP contribution is -2.47. The molecular formula is C16H24N2O3. The van der Waals surface area contributed by atoms with Gasteiger partial charge in [-0.15, -0.1) is 0 Å². The van der Waals surface area contributed by atoms with Gasteiger partial charge in [0, 0.05) is 18.7 Å². The molecule has 0 radical (unpaired) electrons. The summed E-state index contributed by atoms with van der Waals surface area (Å²) in [6.45, 7) is 7.22. The number of urea groups is 1. The van der Waals surface area contributed by atoms with Crippen LogP contribution in [0, 0.1) is 5.41 Å². The first kappa shape index (κ1) is 15.6. The fourth-order valence-corrected chi connectivity index (χ4v) is 2.51. The van der Waals surface area contributed by atoms with Gasteiger partial charge in [0.1, 0.15) is 5.75 Å². The molecule has 5 nitrogen and oxygen atoms in total. The molecule has 1 aromatic rings. The number of nitrogens with one attached hydrogen (secondary N) is 1. The van der Waals surface area contributed by atoms with Crippen LogP contribution >= 0.6 is 0 Å². The Labute approximate surface area is 125 Å². The number of hydrogen-bond donors (Lipinski definition) is 2. The molecule has 1 heterocycles. The maximum absolute atomic E-state index is 12.1. The molecular weight excluding hydrogens is 268 g/mol. The van der Waals surface area contributed by atoms with Gasteiger partial charge in [-0.1, -0.05) is 26.8 Å². The first-order valence-electron chi connectivity index (χ1n) is 7.26. The van der Waals surface area contributed by atoms with Crippen molar-refractivity contribution in [3.05, 3.63) is 23.8 Å². The van der Waals surface area contributed by atoms with Gasteiger partial charge in [0.05, 0.1) is 18.9 Å². The topological polar surface area (TPSA) is 61.8 Å². The molecule has 116 valence electrons. The van der Waals surface area contributed by atoms with Crippen molar-refractivity contribution in [1.29, 1.82) is 0 Å². The zero-order chi connectivity index (χ0) is 15.6. The lowest BCUT2D eigenvalue weighted by Gasteiger charge is -2.34. The molecule has 1 unspecified atom stereocenters. The Morgan fingerprint density at radius 1 is 1.38 bits per heavy atom. The summed E-state index contributed by atoms with van der Waals surface area (Å²) < 4.78 is 5.41. The van der Waals surface area contributed by atoms with Gasteiger partial charge in [0.15, 0.2) is 0 Å². The maximum Gasteiger partial charge on any atom is 0.321 e. The van der Waals surface area contributed by atoms with E-state index >= 15 is 0 Å². The minimum absolute atomic E-state index is 0.128. The molecule has 1 saturated heterocycles. The molecule has 1 aromatic carbocycles. The first-order chi connectivity index (χ1) is 9.86. The molecule has 21 heavy (non-hydrogen) atoms. The lowest BCUT2D eigenvalue weighted by molar-refractivity contribution is 0.0608. The Morgan fingerprint density at radius 2 is 2.10 bits per heavy atom. The van der Waals surface area contributed by atoms with Crippen LogP contribution in [0.25, 0.3) is 0 Å².